The summed E-state index contributed by atoms with van der Waals surface area (Å²) < 4.78 is 0. The van der Waals surface area contributed by atoms with Crippen LogP contribution in [0.25, 0.3) is 0 Å². The molecule has 128 valence electrons. The fraction of sp³-hybridized carbons (Fsp3) is 0.353. The van der Waals surface area contributed by atoms with Gasteiger partial charge in [-0.2, -0.15) is 5.26 Å². The summed E-state index contributed by atoms with van der Waals surface area (Å²) in [7, 11) is 0. The molecule has 2 heterocycles. The third kappa shape index (κ3) is 4.01. The van der Waals surface area contributed by atoms with Crippen molar-refractivity contribution in [2.75, 3.05) is 29.9 Å². The molecule has 1 aromatic carbocycles. The van der Waals surface area contributed by atoms with Crippen LogP contribution in [0.1, 0.15) is 18.4 Å². The van der Waals surface area contributed by atoms with Crippen molar-refractivity contribution in [2.24, 2.45) is 5.92 Å². The molecular weight excluding hydrogens is 320 g/mol. The van der Waals surface area contributed by atoms with Crippen LogP contribution in [0, 0.1) is 27.4 Å². The zero-order chi connectivity index (χ0) is 17.6. The van der Waals surface area contributed by atoms with Gasteiger partial charge in [0.05, 0.1) is 4.92 Å². The molecule has 3 rings (SSSR count). The molecule has 1 aromatic heterocycles. The lowest BCUT2D eigenvalue weighted by Gasteiger charge is -2.32. The van der Waals surface area contributed by atoms with E-state index < -0.39 is 4.92 Å². The summed E-state index contributed by atoms with van der Waals surface area (Å²) in [6.45, 7) is 2.53. The average Bonchev–Trinajstić information content (AvgIpc) is 2.67. The second-order valence-electron chi connectivity index (χ2n) is 5.98. The van der Waals surface area contributed by atoms with Crippen LogP contribution in [0.4, 0.5) is 17.3 Å². The van der Waals surface area contributed by atoms with Crippen LogP contribution in [-0.2, 0) is 0 Å². The van der Waals surface area contributed by atoms with Gasteiger partial charge in [-0.15, -0.1) is 0 Å². The Kier molecular flexibility index (Phi) is 5.04. The maximum Gasteiger partial charge on any atom is 0.287 e. The van der Waals surface area contributed by atoms with Gasteiger partial charge < -0.3 is 10.2 Å². The van der Waals surface area contributed by atoms with E-state index in [0.717, 1.165) is 44.1 Å². The van der Waals surface area contributed by atoms with Crippen LogP contribution in [0.15, 0.2) is 36.7 Å². The van der Waals surface area contributed by atoms with Gasteiger partial charge in [-0.05, 0) is 37.0 Å². The molecule has 8 heteroatoms. The van der Waals surface area contributed by atoms with E-state index >= 15 is 0 Å². The highest BCUT2D eigenvalue weighted by Gasteiger charge is 2.21. The van der Waals surface area contributed by atoms with Gasteiger partial charge >= 0.3 is 0 Å². The summed E-state index contributed by atoms with van der Waals surface area (Å²) in [4.78, 5) is 21.1. The molecule has 8 nitrogen and oxygen atoms in total. The van der Waals surface area contributed by atoms with E-state index in [0.29, 0.717) is 5.92 Å². The molecule has 25 heavy (non-hydrogen) atoms. The molecular formula is C17H18N6O2. The Morgan fingerprint density at radius 1 is 1.40 bits per heavy atom. The van der Waals surface area contributed by atoms with Gasteiger partial charge in [0.25, 0.3) is 5.69 Å². The van der Waals surface area contributed by atoms with E-state index in [1.807, 2.05) is 6.07 Å². The lowest BCUT2D eigenvalue weighted by molar-refractivity contribution is -0.385. The van der Waals surface area contributed by atoms with Crippen LogP contribution in [-0.4, -0.2) is 34.5 Å². The SMILES string of the molecule is N#Cc1cc(NC[C@@H]2CCCN(c3ncccn3)C2)ccc1[N+](=O)[O-]. The standard InChI is InChI=1S/C17H18N6O2/c18-10-14-9-15(4-5-16(14)23(24)25)21-11-13-3-1-8-22(12-13)17-19-6-2-7-20-17/h2,4-7,9,13,21H,1,3,8,11-12H2/t13-/m0/s1. The highest BCUT2D eigenvalue weighted by atomic mass is 16.6. The molecule has 0 saturated carbocycles. The average molecular weight is 338 g/mol. The van der Waals surface area contributed by atoms with Crippen LogP contribution in [0.2, 0.25) is 0 Å². The molecule has 1 atom stereocenters. The van der Waals surface area contributed by atoms with Crippen molar-refractivity contribution in [1.82, 2.24) is 9.97 Å². The first-order chi connectivity index (χ1) is 12.2. The molecule has 0 spiro atoms. The number of nitriles is 1. The number of nitrogens with zero attached hydrogens (tertiary/aromatic N) is 5. The van der Waals surface area contributed by atoms with E-state index in [1.54, 1.807) is 24.5 Å². The number of anilines is 2. The number of aromatic nitrogens is 2. The molecule has 0 amide bonds. The lowest BCUT2D eigenvalue weighted by atomic mass is 9.98. The fourth-order valence-electron chi connectivity index (χ4n) is 3.02. The highest BCUT2D eigenvalue weighted by molar-refractivity contribution is 5.58. The second kappa shape index (κ2) is 7.57. The van der Waals surface area contributed by atoms with Crippen molar-refractivity contribution in [2.45, 2.75) is 12.8 Å². The maximum atomic E-state index is 10.9. The first-order valence-corrected chi connectivity index (χ1v) is 8.12. The Labute approximate surface area is 145 Å². The van der Waals surface area contributed by atoms with Gasteiger partial charge in [-0.25, -0.2) is 9.97 Å². The molecule has 0 aliphatic carbocycles. The zero-order valence-electron chi connectivity index (χ0n) is 13.6. The Balaban J connectivity index is 1.62. The number of piperidine rings is 1. The van der Waals surface area contributed by atoms with Crippen molar-refractivity contribution < 1.29 is 4.92 Å². The molecule has 1 aliphatic heterocycles. The Morgan fingerprint density at radius 3 is 2.92 bits per heavy atom. The van der Waals surface area contributed by atoms with E-state index in [1.165, 1.54) is 12.1 Å². The predicted octanol–water partition coefficient (Wildman–Crippen LogP) is 2.58. The first kappa shape index (κ1) is 16.6. The van der Waals surface area contributed by atoms with Gasteiger partial charge in [-0.1, -0.05) is 0 Å². The number of benzene rings is 1. The van der Waals surface area contributed by atoms with Crippen LogP contribution in [0.3, 0.4) is 0 Å². The smallest absolute Gasteiger partial charge is 0.287 e. The Morgan fingerprint density at radius 2 is 2.20 bits per heavy atom. The summed E-state index contributed by atoms with van der Waals surface area (Å²) in [5.41, 5.74) is 0.617. The predicted molar refractivity (Wildman–Crippen MR) is 93.3 cm³/mol. The van der Waals surface area contributed by atoms with Gasteiger partial charge in [-0.3, -0.25) is 10.1 Å². The molecule has 1 saturated heterocycles. The first-order valence-electron chi connectivity index (χ1n) is 8.12. The van der Waals surface area contributed by atoms with Crippen molar-refractivity contribution >= 4 is 17.3 Å². The van der Waals surface area contributed by atoms with Crippen molar-refractivity contribution in [3.05, 3.63) is 52.3 Å². The maximum absolute atomic E-state index is 10.9. The third-order valence-corrected chi connectivity index (χ3v) is 4.26. The molecule has 1 fully saturated rings. The topological polar surface area (TPSA) is 108 Å². The number of hydrogen-bond acceptors (Lipinski definition) is 7. The van der Waals surface area contributed by atoms with Crippen molar-refractivity contribution in [3.63, 3.8) is 0 Å². The third-order valence-electron chi connectivity index (χ3n) is 4.26. The van der Waals surface area contributed by atoms with Crippen molar-refractivity contribution in [1.29, 1.82) is 5.26 Å². The number of nitro groups is 1. The normalized spacial score (nSPS) is 16.9. The minimum atomic E-state index is -0.540. The number of nitro benzene ring substituents is 1. The summed E-state index contributed by atoms with van der Waals surface area (Å²) in [6, 6.07) is 8.21. The van der Waals surface area contributed by atoms with Crippen LogP contribution >= 0.6 is 0 Å². The molecule has 0 radical (unpaired) electrons. The summed E-state index contributed by atoms with van der Waals surface area (Å²) in [6.07, 6.45) is 5.64. The molecule has 0 unspecified atom stereocenters. The van der Waals surface area contributed by atoms with Crippen LogP contribution < -0.4 is 10.2 Å². The Hall–Kier alpha value is -3.21. The van der Waals surface area contributed by atoms with E-state index in [9.17, 15) is 10.1 Å². The number of rotatable bonds is 5. The monoisotopic (exact) mass is 338 g/mol. The number of nitrogens with one attached hydrogen (secondary N) is 1. The lowest BCUT2D eigenvalue weighted by Crippen LogP contribution is -2.39. The zero-order valence-corrected chi connectivity index (χ0v) is 13.6. The quantitative estimate of drug-likeness (QED) is 0.659. The summed E-state index contributed by atoms with van der Waals surface area (Å²) in [5, 5.41) is 23.2. The molecule has 0 bridgehead atoms. The second-order valence-corrected chi connectivity index (χ2v) is 5.98. The van der Waals surface area contributed by atoms with Gasteiger partial charge in [0.1, 0.15) is 11.6 Å². The van der Waals surface area contributed by atoms with Gasteiger partial charge in [0.15, 0.2) is 0 Å². The fourth-order valence-corrected chi connectivity index (χ4v) is 3.02. The summed E-state index contributed by atoms with van der Waals surface area (Å²) in [5.74, 6) is 1.16. The molecule has 1 aliphatic rings. The summed E-state index contributed by atoms with van der Waals surface area (Å²) >= 11 is 0. The van der Waals surface area contributed by atoms with Crippen molar-refractivity contribution in [3.8, 4) is 6.07 Å². The largest absolute Gasteiger partial charge is 0.385 e. The van der Waals surface area contributed by atoms with Gasteiger partial charge in [0.2, 0.25) is 5.95 Å². The molecule has 2 aromatic rings. The highest BCUT2D eigenvalue weighted by Crippen LogP contribution is 2.24. The van der Waals surface area contributed by atoms with E-state index in [2.05, 4.69) is 20.2 Å². The van der Waals surface area contributed by atoms with E-state index in [4.69, 9.17) is 5.26 Å². The minimum Gasteiger partial charge on any atom is -0.385 e. The minimum absolute atomic E-state index is 0.0676. The van der Waals surface area contributed by atoms with Crippen LogP contribution in [0.5, 0.6) is 0 Å². The number of hydrogen-bond donors (Lipinski definition) is 1. The molecule has 1 N–H and O–H groups in total. The Bertz CT molecular complexity index is 789. The van der Waals surface area contributed by atoms with E-state index in [-0.39, 0.29) is 11.3 Å². The van der Waals surface area contributed by atoms with Gasteiger partial charge in [0, 0.05) is 43.8 Å².